The highest BCUT2D eigenvalue weighted by Gasteiger charge is 2.28. The van der Waals surface area contributed by atoms with E-state index in [1.54, 1.807) is 0 Å². The number of piperidine rings is 1. The smallest absolute Gasteiger partial charge is 0.253 e. The average molecular weight is 290 g/mol. The zero-order valence-corrected chi connectivity index (χ0v) is 13.3. The molecule has 1 fully saturated rings. The molecule has 1 heterocycles. The van der Waals surface area contributed by atoms with Crippen molar-refractivity contribution in [3.05, 3.63) is 29.8 Å². The Morgan fingerprint density at radius 1 is 1.33 bits per heavy atom. The van der Waals surface area contributed by atoms with Crippen molar-refractivity contribution in [1.29, 1.82) is 0 Å². The molecule has 2 rings (SSSR count). The first-order chi connectivity index (χ1) is 10.2. The number of amides is 1. The van der Waals surface area contributed by atoms with Crippen LogP contribution in [-0.4, -0.2) is 43.1 Å². The molecular formula is C17H26N2O2. The van der Waals surface area contributed by atoms with Gasteiger partial charge in [0.2, 0.25) is 0 Å². The summed E-state index contributed by atoms with van der Waals surface area (Å²) >= 11 is 0. The molecule has 1 aromatic rings. The van der Waals surface area contributed by atoms with E-state index in [1.165, 1.54) is 0 Å². The van der Waals surface area contributed by atoms with Gasteiger partial charge in [-0.2, -0.15) is 0 Å². The molecule has 1 amide bonds. The van der Waals surface area contributed by atoms with Gasteiger partial charge in [0.05, 0.1) is 6.61 Å². The Balaban J connectivity index is 1.97. The third-order valence-electron chi connectivity index (χ3n) is 4.07. The number of benzene rings is 1. The van der Waals surface area contributed by atoms with Gasteiger partial charge in [-0.05, 0) is 50.1 Å². The molecule has 0 radical (unpaired) electrons. The normalized spacial score (nSPS) is 22.1. The van der Waals surface area contributed by atoms with Crippen LogP contribution in [0.2, 0.25) is 0 Å². The van der Waals surface area contributed by atoms with Gasteiger partial charge in [-0.3, -0.25) is 4.79 Å². The summed E-state index contributed by atoms with van der Waals surface area (Å²) in [5.74, 6) is 1.43. The maximum absolute atomic E-state index is 12.5. The summed E-state index contributed by atoms with van der Waals surface area (Å²) in [5, 5.41) is 3.50. The lowest BCUT2D eigenvalue weighted by molar-refractivity contribution is 0.0646. The predicted octanol–water partition coefficient (Wildman–Crippen LogP) is 2.55. The summed E-state index contributed by atoms with van der Waals surface area (Å²) in [6, 6.07) is 7.97. The second-order valence-corrected chi connectivity index (χ2v) is 5.64. The lowest BCUT2D eigenvalue weighted by atomic mass is 9.93. The van der Waals surface area contributed by atoms with E-state index in [2.05, 4.69) is 19.2 Å². The van der Waals surface area contributed by atoms with Crippen molar-refractivity contribution in [1.82, 2.24) is 10.2 Å². The van der Waals surface area contributed by atoms with Crippen LogP contribution in [0, 0.1) is 5.92 Å². The first kappa shape index (κ1) is 15.8. The Kier molecular flexibility index (Phi) is 5.62. The van der Waals surface area contributed by atoms with Crippen LogP contribution in [0.15, 0.2) is 24.3 Å². The van der Waals surface area contributed by atoms with Gasteiger partial charge < -0.3 is 15.0 Å². The van der Waals surface area contributed by atoms with Gasteiger partial charge in [0, 0.05) is 24.7 Å². The number of nitrogens with zero attached hydrogens (tertiary/aromatic N) is 1. The van der Waals surface area contributed by atoms with E-state index >= 15 is 0 Å². The molecule has 2 unspecified atom stereocenters. The molecule has 21 heavy (non-hydrogen) atoms. The molecule has 4 heteroatoms. The summed E-state index contributed by atoms with van der Waals surface area (Å²) in [5.41, 5.74) is 0.743. The highest BCUT2D eigenvalue weighted by molar-refractivity contribution is 5.94. The molecule has 0 saturated carbocycles. The van der Waals surface area contributed by atoms with E-state index in [1.807, 2.05) is 36.1 Å². The summed E-state index contributed by atoms with van der Waals surface area (Å²) in [7, 11) is 0. The van der Waals surface area contributed by atoms with E-state index in [9.17, 15) is 4.79 Å². The molecule has 0 spiro atoms. The van der Waals surface area contributed by atoms with Crippen LogP contribution >= 0.6 is 0 Å². The van der Waals surface area contributed by atoms with E-state index in [4.69, 9.17) is 4.74 Å². The molecule has 0 aromatic heterocycles. The van der Waals surface area contributed by atoms with Crippen molar-refractivity contribution in [2.24, 2.45) is 5.92 Å². The number of nitrogens with one attached hydrogen (secondary N) is 1. The molecule has 4 nitrogen and oxygen atoms in total. The van der Waals surface area contributed by atoms with Crippen LogP contribution in [0.5, 0.6) is 5.75 Å². The molecule has 2 atom stereocenters. The van der Waals surface area contributed by atoms with Crippen molar-refractivity contribution in [3.8, 4) is 5.75 Å². The number of carbonyl (C=O) groups excluding carboxylic acids is 1. The van der Waals surface area contributed by atoms with Gasteiger partial charge >= 0.3 is 0 Å². The minimum atomic E-state index is 0.125. The molecule has 0 bridgehead atoms. The number of ether oxygens (including phenoxy) is 1. The molecule has 116 valence electrons. The number of hydrogen-bond acceptors (Lipinski definition) is 3. The average Bonchev–Trinajstić information content (AvgIpc) is 2.50. The Bertz CT molecular complexity index is 458. The van der Waals surface area contributed by atoms with Crippen LogP contribution in [0.4, 0.5) is 0 Å². The standard InChI is InChI=1S/C17H26N2O2/c1-4-18-16-10-11-19(12-13(16)3)17(20)14-6-8-15(9-7-14)21-5-2/h6-9,13,16,18H,4-5,10-12H2,1-3H3. The highest BCUT2D eigenvalue weighted by Crippen LogP contribution is 2.20. The SMILES string of the molecule is CCNC1CCN(C(=O)c2ccc(OCC)cc2)CC1C. The Morgan fingerprint density at radius 2 is 2.05 bits per heavy atom. The second kappa shape index (κ2) is 7.46. The Labute approximate surface area is 127 Å². The third-order valence-corrected chi connectivity index (χ3v) is 4.07. The fourth-order valence-corrected chi connectivity index (χ4v) is 2.94. The van der Waals surface area contributed by atoms with Gasteiger partial charge in [0.15, 0.2) is 0 Å². The minimum absolute atomic E-state index is 0.125. The van der Waals surface area contributed by atoms with Gasteiger partial charge in [0.25, 0.3) is 5.91 Å². The molecule has 1 saturated heterocycles. The van der Waals surface area contributed by atoms with E-state index in [0.29, 0.717) is 18.6 Å². The predicted molar refractivity (Wildman–Crippen MR) is 84.8 cm³/mol. The van der Waals surface area contributed by atoms with Crippen molar-refractivity contribution < 1.29 is 9.53 Å². The first-order valence-corrected chi connectivity index (χ1v) is 7.91. The first-order valence-electron chi connectivity index (χ1n) is 7.91. The number of rotatable bonds is 5. The highest BCUT2D eigenvalue weighted by atomic mass is 16.5. The zero-order valence-electron chi connectivity index (χ0n) is 13.3. The minimum Gasteiger partial charge on any atom is -0.494 e. The van der Waals surface area contributed by atoms with Crippen LogP contribution in [0.1, 0.15) is 37.6 Å². The quantitative estimate of drug-likeness (QED) is 0.906. The maximum Gasteiger partial charge on any atom is 0.253 e. The van der Waals surface area contributed by atoms with Gasteiger partial charge in [-0.25, -0.2) is 0 Å². The van der Waals surface area contributed by atoms with Gasteiger partial charge in [-0.1, -0.05) is 13.8 Å². The maximum atomic E-state index is 12.5. The largest absolute Gasteiger partial charge is 0.494 e. The van der Waals surface area contributed by atoms with Crippen molar-refractivity contribution in [3.63, 3.8) is 0 Å². The van der Waals surface area contributed by atoms with Crippen LogP contribution in [0.3, 0.4) is 0 Å². The molecule has 1 N–H and O–H groups in total. The van der Waals surface area contributed by atoms with Crippen LogP contribution in [-0.2, 0) is 0 Å². The zero-order chi connectivity index (χ0) is 15.2. The summed E-state index contributed by atoms with van der Waals surface area (Å²) < 4.78 is 5.41. The van der Waals surface area contributed by atoms with E-state index in [0.717, 1.165) is 37.4 Å². The third kappa shape index (κ3) is 3.97. The lowest BCUT2D eigenvalue weighted by Gasteiger charge is -2.37. The molecule has 1 aromatic carbocycles. The summed E-state index contributed by atoms with van der Waals surface area (Å²) in [6.45, 7) is 9.58. The molecule has 1 aliphatic heterocycles. The number of hydrogen-bond donors (Lipinski definition) is 1. The Hall–Kier alpha value is -1.55. The van der Waals surface area contributed by atoms with Gasteiger partial charge in [-0.15, -0.1) is 0 Å². The number of carbonyl (C=O) groups is 1. The fraction of sp³-hybridized carbons (Fsp3) is 0.588. The van der Waals surface area contributed by atoms with Crippen molar-refractivity contribution >= 4 is 5.91 Å². The van der Waals surface area contributed by atoms with Gasteiger partial charge in [0.1, 0.15) is 5.75 Å². The second-order valence-electron chi connectivity index (χ2n) is 5.64. The molecule has 1 aliphatic rings. The van der Waals surface area contributed by atoms with E-state index in [-0.39, 0.29) is 5.91 Å². The summed E-state index contributed by atoms with van der Waals surface area (Å²) in [4.78, 5) is 14.5. The monoisotopic (exact) mass is 290 g/mol. The lowest BCUT2D eigenvalue weighted by Crippen LogP contribution is -2.50. The summed E-state index contributed by atoms with van der Waals surface area (Å²) in [6.07, 6.45) is 1.03. The number of likely N-dealkylation sites (tertiary alicyclic amines) is 1. The van der Waals surface area contributed by atoms with Crippen LogP contribution in [0.25, 0.3) is 0 Å². The van der Waals surface area contributed by atoms with E-state index < -0.39 is 0 Å². The topological polar surface area (TPSA) is 41.6 Å². The fourth-order valence-electron chi connectivity index (χ4n) is 2.94. The van der Waals surface area contributed by atoms with Crippen molar-refractivity contribution in [2.75, 3.05) is 26.2 Å². The Morgan fingerprint density at radius 3 is 2.62 bits per heavy atom. The molecule has 0 aliphatic carbocycles. The van der Waals surface area contributed by atoms with Crippen molar-refractivity contribution in [2.45, 2.75) is 33.2 Å². The van der Waals surface area contributed by atoms with Crippen LogP contribution < -0.4 is 10.1 Å². The molecular weight excluding hydrogens is 264 g/mol.